The molecule has 1 aliphatic carbocycles. The smallest absolute Gasteiger partial charge is 0.209 e. The van der Waals surface area contributed by atoms with Crippen molar-refractivity contribution >= 4 is 11.6 Å². The van der Waals surface area contributed by atoms with Gasteiger partial charge in [-0.05, 0) is 30.4 Å². The number of rotatable bonds is 4. The highest BCUT2D eigenvalue weighted by atomic mass is 16.1. The number of carbonyl (C=O) groups is 2. The highest BCUT2D eigenvalue weighted by Gasteiger charge is 2.23. The van der Waals surface area contributed by atoms with Gasteiger partial charge in [0.15, 0.2) is 5.78 Å². The van der Waals surface area contributed by atoms with E-state index in [2.05, 4.69) is 13.8 Å². The van der Waals surface area contributed by atoms with Crippen molar-refractivity contribution in [3.05, 3.63) is 46.7 Å². The van der Waals surface area contributed by atoms with Crippen LogP contribution in [0.3, 0.4) is 0 Å². The molecule has 3 heteroatoms. The molecule has 0 aromatic heterocycles. The number of fused-ring (bicyclic) bond motifs is 1. The monoisotopic (exact) mass is 257 g/mol. The van der Waals surface area contributed by atoms with E-state index in [0.717, 1.165) is 24.8 Å². The molecule has 2 N–H and O–H groups in total. The third-order valence-electron chi connectivity index (χ3n) is 3.39. The van der Waals surface area contributed by atoms with Crippen molar-refractivity contribution in [1.82, 2.24) is 0 Å². The summed E-state index contributed by atoms with van der Waals surface area (Å²) in [6.45, 7) is 4.39. The SMILES string of the molecule is CC(C)CCCc1ccc2c(c1)C(=O)C(N)=CC2=O. The number of aryl methyl sites for hydroxylation is 1. The van der Waals surface area contributed by atoms with Gasteiger partial charge in [0, 0.05) is 17.2 Å². The quantitative estimate of drug-likeness (QED) is 0.902. The molecule has 0 spiro atoms. The van der Waals surface area contributed by atoms with Crippen molar-refractivity contribution in [2.24, 2.45) is 11.7 Å². The lowest BCUT2D eigenvalue weighted by atomic mass is 9.90. The van der Waals surface area contributed by atoms with E-state index >= 15 is 0 Å². The van der Waals surface area contributed by atoms with E-state index in [0.29, 0.717) is 17.0 Å². The van der Waals surface area contributed by atoms with Crippen molar-refractivity contribution < 1.29 is 9.59 Å². The molecule has 0 saturated heterocycles. The average Bonchev–Trinajstić information content (AvgIpc) is 2.35. The number of nitrogens with two attached hydrogens (primary N) is 1. The minimum absolute atomic E-state index is 0.0387. The topological polar surface area (TPSA) is 60.2 Å². The highest BCUT2D eigenvalue weighted by molar-refractivity contribution is 6.24. The Morgan fingerprint density at radius 1 is 1.16 bits per heavy atom. The summed E-state index contributed by atoms with van der Waals surface area (Å²) in [5, 5.41) is 0. The first kappa shape index (κ1) is 13.5. The van der Waals surface area contributed by atoms with Gasteiger partial charge in [0.2, 0.25) is 5.78 Å². The maximum atomic E-state index is 12.0. The van der Waals surface area contributed by atoms with Crippen LogP contribution in [0.4, 0.5) is 0 Å². The molecule has 0 atom stereocenters. The van der Waals surface area contributed by atoms with Gasteiger partial charge >= 0.3 is 0 Å². The maximum absolute atomic E-state index is 12.0. The van der Waals surface area contributed by atoms with Crippen LogP contribution in [0, 0.1) is 5.92 Å². The van der Waals surface area contributed by atoms with Gasteiger partial charge in [0.1, 0.15) is 0 Å². The summed E-state index contributed by atoms with van der Waals surface area (Å²) in [6, 6.07) is 5.48. The minimum Gasteiger partial charge on any atom is -0.395 e. The Balaban J connectivity index is 2.20. The van der Waals surface area contributed by atoms with Gasteiger partial charge in [-0.3, -0.25) is 9.59 Å². The first-order chi connectivity index (χ1) is 8.99. The van der Waals surface area contributed by atoms with E-state index in [-0.39, 0.29) is 17.3 Å². The minimum atomic E-state index is -0.236. The number of Topliss-reactive ketones (excluding diaryl/α,β-unsaturated/α-hetero) is 1. The fraction of sp³-hybridized carbons (Fsp3) is 0.375. The van der Waals surface area contributed by atoms with Crippen molar-refractivity contribution in [1.29, 1.82) is 0 Å². The van der Waals surface area contributed by atoms with Crippen LogP contribution in [0.1, 0.15) is 53.0 Å². The average molecular weight is 257 g/mol. The van der Waals surface area contributed by atoms with E-state index < -0.39 is 0 Å². The molecule has 2 rings (SSSR count). The summed E-state index contributed by atoms with van der Waals surface area (Å²) in [7, 11) is 0. The normalized spacial score (nSPS) is 14.6. The summed E-state index contributed by atoms with van der Waals surface area (Å²) in [5.74, 6) is 0.264. The molecule has 19 heavy (non-hydrogen) atoms. The molecule has 1 aliphatic rings. The maximum Gasteiger partial charge on any atom is 0.209 e. The zero-order valence-corrected chi connectivity index (χ0v) is 11.4. The largest absolute Gasteiger partial charge is 0.395 e. The Kier molecular flexibility index (Phi) is 3.84. The molecule has 0 amide bonds. The number of carbonyl (C=O) groups excluding carboxylic acids is 2. The number of hydrogen-bond acceptors (Lipinski definition) is 3. The first-order valence-electron chi connectivity index (χ1n) is 6.68. The van der Waals surface area contributed by atoms with Gasteiger partial charge in [-0.2, -0.15) is 0 Å². The number of benzene rings is 1. The van der Waals surface area contributed by atoms with E-state index in [1.54, 1.807) is 6.07 Å². The van der Waals surface area contributed by atoms with E-state index in [4.69, 9.17) is 5.73 Å². The van der Waals surface area contributed by atoms with Gasteiger partial charge < -0.3 is 5.73 Å². The summed E-state index contributed by atoms with van der Waals surface area (Å²) >= 11 is 0. The summed E-state index contributed by atoms with van der Waals surface area (Å²) in [4.78, 5) is 23.7. The lowest BCUT2D eigenvalue weighted by molar-refractivity contribution is 0.0983. The second kappa shape index (κ2) is 5.39. The Hall–Kier alpha value is -1.90. The highest BCUT2D eigenvalue weighted by Crippen LogP contribution is 2.21. The molecule has 0 fully saturated rings. The molecule has 1 aromatic rings. The molecule has 0 radical (unpaired) electrons. The summed E-state index contributed by atoms with van der Waals surface area (Å²) in [6.07, 6.45) is 4.38. The Morgan fingerprint density at radius 3 is 2.58 bits per heavy atom. The van der Waals surface area contributed by atoms with Crippen LogP contribution in [0.5, 0.6) is 0 Å². The van der Waals surface area contributed by atoms with Crippen LogP contribution >= 0.6 is 0 Å². The van der Waals surface area contributed by atoms with Gasteiger partial charge in [-0.15, -0.1) is 0 Å². The van der Waals surface area contributed by atoms with Crippen LogP contribution in [0.2, 0.25) is 0 Å². The predicted octanol–water partition coefficient (Wildman–Crippen LogP) is 2.89. The Bertz CT molecular complexity index is 556. The fourth-order valence-corrected chi connectivity index (χ4v) is 2.30. The van der Waals surface area contributed by atoms with Crippen LogP contribution in [0.25, 0.3) is 0 Å². The molecule has 0 aliphatic heterocycles. The fourth-order valence-electron chi connectivity index (χ4n) is 2.30. The van der Waals surface area contributed by atoms with Gasteiger partial charge in [-0.25, -0.2) is 0 Å². The van der Waals surface area contributed by atoms with Crippen LogP contribution in [0.15, 0.2) is 30.0 Å². The van der Waals surface area contributed by atoms with Crippen LogP contribution in [-0.2, 0) is 6.42 Å². The molecule has 0 unspecified atom stereocenters. The van der Waals surface area contributed by atoms with Gasteiger partial charge in [0.05, 0.1) is 5.70 Å². The van der Waals surface area contributed by atoms with Gasteiger partial charge in [0.25, 0.3) is 0 Å². The summed E-state index contributed by atoms with van der Waals surface area (Å²) < 4.78 is 0. The van der Waals surface area contributed by atoms with Crippen molar-refractivity contribution in [3.63, 3.8) is 0 Å². The van der Waals surface area contributed by atoms with Gasteiger partial charge in [-0.1, -0.05) is 32.4 Å². The zero-order chi connectivity index (χ0) is 14.0. The zero-order valence-electron chi connectivity index (χ0n) is 11.4. The first-order valence-corrected chi connectivity index (χ1v) is 6.68. The Morgan fingerprint density at radius 2 is 1.89 bits per heavy atom. The molecule has 0 saturated carbocycles. The molecule has 0 bridgehead atoms. The van der Waals surface area contributed by atoms with Crippen molar-refractivity contribution in [2.75, 3.05) is 0 Å². The van der Waals surface area contributed by atoms with Crippen molar-refractivity contribution in [2.45, 2.75) is 33.1 Å². The third kappa shape index (κ3) is 2.92. The standard InChI is InChI=1S/C16H19NO2/c1-10(2)4-3-5-11-6-7-12-13(8-11)16(19)14(17)9-15(12)18/h6-10H,3-5,17H2,1-2H3. The second-order valence-corrected chi connectivity index (χ2v) is 5.46. The molecular formula is C16H19NO2. The lowest BCUT2D eigenvalue weighted by Gasteiger charge is -2.14. The predicted molar refractivity (Wildman–Crippen MR) is 75.1 cm³/mol. The molecule has 0 heterocycles. The Labute approximate surface area is 113 Å². The molecule has 100 valence electrons. The number of ketones is 2. The van der Waals surface area contributed by atoms with E-state index in [9.17, 15) is 9.59 Å². The van der Waals surface area contributed by atoms with Crippen LogP contribution in [-0.4, -0.2) is 11.6 Å². The lowest BCUT2D eigenvalue weighted by Crippen LogP contribution is -2.21. The van der Waals surface area contributed by atoms with E-state index in [1.807, 2.05) is 12.1 Å². The van der Waals surface area contributed by atoms with Crippen molar-refractivity contribution in [3.8, 4) is 0 Å². The third-order valence-corrected chi connectivity index (χ3v) is 3.39. The molecular weight excluding hydrogens is 238 g/mol. The molecule has 1 aromatic carbocycles. The van der Waals surface area contributed by atoms with E-state index in [1.165, 1.54) is 6.08 Å². The number of allylic oxidation sites excluding steroid dienone is 2. The van der Waals surface area contributed by atoms with Crippen LogP contribution < -0.4 is 5.73 Å². The number of hydrogen-bond donors (Lipinski definition) is 1. The molecule has 3 nitrogen and oxygen atoms in total. The summed E-state index contributed by atoms with van der Waals surface area (Å²) in [5.41, 5.74) is 7.61. The second-order valence-electron chi connectivity index (χ2n) is 5.46.